The number of halogens is 3. The van der Waals surface area contributed by atoms with E-state index >= 15 is 0 Å². The van der Waals surface area contributed by atoms with E-state index in [-0.39, 0.29) is 24.3 Å². The summed E-state index contributed by atoms with van der Waals surface area (Å²) in [5.74, 6) is -0.672. The van der Waals surface area contributed by atoms with Crippen molar-refractivity contribution in [3.05, 3.63) is 104 Å². The lowest BCUT2D eigenvalue weighted by atomic mass is 9.81. The van der Waals surface area contributed by atoms with E-state index in [4.69, 9.17) is 34.8 Å². The van der Waals surface area contributed by atoms with Crippen molar-refractivity contribution in [3.63, 3.8) is 0 Å². The number of allylic oxidation sites excluding steroid dienone is 8. The zero-order valence-corrected chi connectivity index (χ0v) is 31.9. The minimum atomic E-state index is -4.09. The van der Waals surface area contributed by atoms with Gasteiger partial charge in [-0.05, 0) is 92.6 Å². The van der Waals surface area contributed by atoms with E-state index in [1.165, 1.54) is 0 Å². The Hall–Kier alpha value is -2.44. The number of anilines is 1. The highest BCUT2D eigenvalue weighted by Crippen LogP contribution is 2.49. The number of nitrogens with zero attached hydrogens (tertiary/aromatic N) is 2. The van der Waals surface area contributed by atoms with Gasteiger partial charge in [-0.3, -0.25) is 9.11 Å². The van der Waals surface area contributed by atoms with Gasteiger partial charge in [-0.25, -0.2) is 0 Å². The Labute approximate surface area is 305 Å². The molecule has 0 atom stereocenters. The number of rotatable bonds is 11. The average molecular weight is 769 g/mol. The molecule has 0 spiro atoms. The van der Waals surface area contributed by atoms with Gasteiger partial charge in [-0.2, -0.15) is 21.4 Å². The van der Waals surface area contributed by atoms with Gasteiger partial charge in [0.15, 0.2) is 5.71 Å². The SMILES string of the molecule is CC1(C)C(/C=C/C2=C(Cl)C(=C/C=C3/N(CCCS(=O)(=O)O)c4ccc(Cl)cc4C3(C)C)/CCC2)=[N+](CCCS(=O)(=O)O)c2ccc(Cl)cc21. The highest BCUT2D eigenvalue weighted by atomic mass is 35.5. The first-order valence-corrected chi connectivity index (χ1v) is 20.6. The van der Waals surface area contributed by atoms with E-state index in [2.05, 4.69) is 49.3 Å². The van der Waals surface area contributed by atoms with Gasteiger partial charge in [0.1, 0.15) is 6.54 Å². The van der Waals surface area contributed by atoms with Crippen molar-refractivity contribution in [2.45, 2.75) is 70.6 Å². The first kappa shape index (κ1) is 37.8. The van der Waals surface area contributed by atoms with Crippen LogP contribution in [-0.2, 0) is 31.1 Å². The molecule has 2 aromatic carbocycles. The van der Waals surface area contributed by atoms with E-state index in [9.17, 15) is 25.9 Å². The van der Waals surface area contributed by atoms with Crippen molar-refractivity contribution in [2.24, 2.45) is 0 Å². The molecule has 5 rings (SSSR count). The summed E-state index contributed by atoms with van der Waals surface area (Å²) in [5.41, 5.74) is 7.02. The zero-order valence-electron chi connectivity index (χ0n) is 28.0. The largest absolute Gasteiger partial charge is 0.344 e. The molecule has 0 fully saturated rings. The molecular weight excluding hydrogens is 727 g/mol. The van der Waals surface area contributed by atoms with Crippen LogP contribution in [0, 0.1) is 0 Å². The second-order valence-corrected chi connectivity index (χ2v) is 18.2. The Kier molecular flexibility index (Phi) is 11.0. The van der Waals surface area contributed by atoms with Gasteiger partial charge in [-0.1, -0.05) is 60.8 Å². The Morgan fingerprint density at radius 1 is 0.816 bits per heavy atom. The van der Waals surface area contributed by atoms with Gasteiger partial charge < -0.3 is 4.90 Å². The maximum absolute atomic E-state index is 11.5. The fourth-order valence-electron chi connectivity index (χ4n) is 7.15. The van der Waals surface area contributed by atoms with Crippen molar-refractivity contribution in [2.75, 3.05) is 29.5 Å². The van der Waals surface area contributed by atoms with Gasteiger partial charge in [0.25, 0.3) is 20.2 Å². The summed E-state index contributed by atoms with van der Waals surface area (Å²) in [6, 6.07) is 11.4. The minimum Gasteiger partial charge on any atom is -0.344 e. The summed E-state index contributed by atoms with van der Waals surface area (Å²) in [7, 11) is -8.19. The third kappa shape index (κ3) is 8.38. The van der Waals surface area contributed by atoms with Crippen LogP contribution in [0.2, 0.25) is 10.0 Å². The van der Waals surface area contributed by atoms with Gasteiger partial charge in [0.2, 0.25) is 5.69 Å². The van der Waals surface area contributed by atoms with Crippen LogP contribution >= 0.6 is 34.8 Å². The van der Waals surface area contributed by atoms with E-state index in [1.807, 2.05) is 48.6 Å². The summed E-state index contributed by atoms with van der Waals surface area (Å²) in [6.07, 6.45) is 11.2. The first-order chi connectivity index (χ1) is 22.8. The third-order valence-electron chi connectivity index (χ3n) is 9.62. The fraction of sp³-hybridized carbons (Fsp3) is 0.417. The molecule has 0 bridgehead atoms. The molecule has 2 aliphatic heterocycles. The predicted molar refractivity (Wildman–Crippen MR) is 200 cm³/mol. The second kappa shape index (κ2) is 14.3. The lowest BCUT2D eigenvalue weighted by Crippen LogP contribution is -2.28. The summed E-state index contributed by atoms with van der Waals surface area (Å²) in [4.78, 5) is 2.09. The molecule has 49 heavy (non-hydrogen) atoms. The van der Waals surface area contributed by atoms with Crippen LogP contribution in [0.25, 0.3) is 0 Å². The molecule has 0 radical (unpaired) electrons. The van der Waals surface area contributed by atoms with E-state index < -0.39 is 31.1 Å². The standard InChI is InChI=1S/C36H41Cl3N2O6S2/c1-35(2)28-22-26(37)12-14-30(28)40(18-6-20-48(42,43)44)32(35)16-10-24-8-5-9-25(34(24)39)11-17-33-36(3,4)29-23-27(38)13-15-31(29)41(33)19-7-21-49(45,46)47/h10-17,22-23H,5-9,18-21H2,1-4H3,(H-,42,43,44,45,46,47)/p+1. The molecule has 8 nitrogen and oxygen atoms in total. The topological polar surface area (TPSA) is 115 Å². The monoisotopic (exact) mass is 767 g/mol. The molecule has 2 aromatic rings. The highest BCUT2D eigenvalue weighted by Gasteiger charge is 2.44. The average Bonchev–Trinajstić information content (AvgIpc) is 3.32. The van der Waals surface area contributed by atoms with Crippen molar-refractivity contribution < 1.29 is 30.5 Å². The van der Waals surface area contributed by atoms with Gasteiger partial charge in [0.05, 0.1) is 16.9 Å². The molecule has 0 unspecified atom stereocenters. The maximum atomic E-state index is 11.5. The van der Waals surface area contributed by atoms with Crippen LogP contribution in [0.4, 0.5) is 11.4 Å². The quantitative estimate of drug-likeness (QED) is 0.174. The smallest absolute Gasteiger partial charge is 0.265 e. The van der Waals surface area contributed by atoms with Crippen molar-refractivity contribution in [1.82, 2.24) is 0 Å². The van der Waals surface area contributed by atoms with Crippen molar-refractivity contribution in [3.8, 4) is 0 Å². The van der Waals surface area contributed by atoms with E-state index in [0.29, 0.717) is 28.2 Å². The Bertz CT molecular complexity index is 2050. The molecule has 3 aliphatic rings. The molecule has 1 aliphatic carbocycles. The summed E-state index contributed by atoms with van der Waals surface area (Å²) < 4.78 is 66.7. The molecular formula is C36H42Cl3N2O6S2+. The summed E-state index contributed by atoms with van der Waals surface area (Å²) >= 11 is 19.9. The third-order valence-corrected chi connectivity index (χ3v) is 12.2. The minimum absolute atomic E-state index is 0.249. The summed E-state index contributed by atoms with van der Waals surface area (Å²) in [6.45, 7) is 9.22. The molecule has 0 amide bonds. The van der Waals surface area contributed by atoms with Crippen molar-refractivity contribution >= 4 is 72.1 Å². The first-order valence-electron chi connectivity index (χ1n) is 16.2. The van der Waals surface area contributed by atoms with Crippen LogP contribution in [-0.4, -0.2) is 60.8 Å². The van der Waals surface area contributed by atoms with Crippen LogP contribution in [0.15, 0.2) is 82.6 Å². The Morgan fingerprint density at radius 3 is 2.12 bits per heavy atom. The van der Waals surface area contributed by atoms with E-state index in [0.717, 1.165) is 64.3 Å². The van der Waals surface area contributed by atoms with Crippen molar-refractivity contribution in [1.29, 1.82) is 0 Å². The van der Waals surface area contributed by atoms with Gasteiger partial charge in [-0.15, -0.1) is 0 Å². The molecule has 0 saturated heterocycles. The fourth-order valence-corrected chi connectivity index (χ4v) is 8.80. The molecule has 0 saturated carbocycles. The maximum Gasteiger partial charge on any atom is 0.265 e. The summed E-state index contributed by atoms with van der Waals surface area (Å²) in [5, 5.41) is 1.90. The molecule has 2 heterocycles. The Balaban J connectivity index is 1.49. The number of fused-ring (bicyclic) bond motifs is 2. The Morgan fingerprint density at radius 2 is 1.45 bits per heavy atom. The van der Waals surface area contributed by atoms with Crippen LogP contribution in [0.3, 0.4) is 0 Å². The zero-order chi connectivity index (χ0) is 35.9. The van der Waals surface area contributed by atoms with Crippen LogP contribution < -0.4 is 4.90 Å². The van der Waals surface area contributed by atoms with E-state index in [1.54, 1.807) is 0 Å². The highest BCUT2D eigenvalue weighted by molar-refractivity contribution is 7.86. The second-order valence-electron chi connectivity index (χ2n) is 13.8. The molecule has 0 aromatic heterocycles. The normalized spacial score (nSPS) is 20.6. The molecule has 13 heteroatoms. The lowest BCUT2D eigenvalue weighted by molar-refractivity contribution is -0.437. The molecule has 2 N–H and O–H groups in total. The molecule has 264 valence electrons. The predicted octanol–water partition coefficient (Wildman–Crippen LogP) is 8.77. The number of hydrogen-bond donors (Lipinski definition) is 2. The van der Waals surface area contributed by atoms with Crippen LogP contribution in [0.5, 0.6) is 0 Å². The van der Waals surface area contributed by atoms with Gasteiger partial charge >= 0.3 is 0 Å². The lowest BCUT2D eigenvalue weighted by Gasteiger charge is -2.27. The number of hydrogen-bond acceptors (Lipinski definition) is 5. The number of benzene rings is 2. The van der Waals surface area contributed by atoms with Gasteiger partial charge in [0, 0.05) is 62.5 Å². The van der Waals surface area contributed by atoms with Crippen LogP contribution in [0.1, 0.15) is 70.9 Å².